The Morgan fingerprint density at radius 3 is 2.86 bits per heavy atom. The Hall–Kier alpha value is -2.89. The first-order valence-electron chi connectivity index (χ1n) is 6.82. The molecule has 1 aliphatic heterocycles. The minimum absolute atomic E-state index is 0.147. The van der Waals surface area contributed by atoms with Crippen LogP contribution in [0.3, 0.4) is 0 Å². The number of methoxy groups -OCH3 is 1. The average Bonchev–Trinajstić information content (AvgIpc) is 3.00. The lowest BCUT2D eigenvalue weighted by atomic mass is 10.2. The monoisotopic (exact) mass is 300 g/mol. The summed E-state index contributed by atoms with van der Waals surface area (Å²) in [6, 6.07) is 12.7. The van der Waals surface area contributed by atoms with E-state index >= 15 is 0 Å². The zero-order valence-electron chi connectivity index (χ0n) is 12.1. The van der Waals surface area contributed by atoms with Gasteiger partial charge >= 0.3 is 0 Å². The van der Waals surface area contributed by atoms with E-state index in [1.807, 2.05) is 24.3 Å². The topological polar surface area (TPSA) is 68.8 Å². The summed E-state index contributed by atoms with van der Waals surface area (Å²) in [4.78, 5) is 11.9. The molecule has 0 spiro atoms. The molecule has 2 N–H and O–H groups in total. The number of nitrogens with one attached hydrogen (secondary N) is 2. The highest BCUT2D eigenvalue weighted by Crippen LogP contribution is 2.34. The van der Waals surface area contributed by atoms with Gasteiger partial charge < -0.3 is 24.8 Å². The number of benzene rings is 2. The molecule has 1 aliphatic rings. The van der Waals surface area contributed by atoms with Crippen molar-refractivity contribution in [2.75, 3.05) is 31.1 Å². The number of rotatable bonds is 5. The molecule has 1 heterocycles. The molecule has 114 valence electrons. The first kappa shape index (κ1) is 14.1. The second-order valence-electron chi connectivity index (χ2n) is 4.70. The van der Waals surface area contributed by atoms with E-state index in [-0.39, 0.29) is 19.2 Å². The van der Waals surface area contributed by atoms with E-state index in [2.05, 4.69) is 10.6 Å². The molecule has 0 aliphatic carbocycles. The van der Waals surface area contributed by atoms with Crippen molar-refractivity contribution < 1.29 is 19.0 Å². The fraction of sp³-hybridized carbons (Fsp3) is 0.188. The van der Waals surface area contributed by atoms with Crippen LogP contribution in [0.4, 0.5) is 11.4 Å². The van der Waals surface area contributed by atoms with Gasteiger partial charge in [0.25, 0.3) is 0 Å². The molecule has 0 fully saturated rings. The van der Waals surface area contributed by atoms with Gasteiger partial charge in [0.15, 0.2) is 11.5 Å². The number of ether oxygens (including phenoxy) is 3. The van der Waals surface area contributed by atoms with Crippen molar-refractivity contribution >= 4 is 17.3 Å². The van der Waals surface area contributed by atoms with E-state index in [0.29, 0.717) is 22.9 Å². The quantitative estimate of drug-likeness (QED) is 0.888. The summed E-state index contributed by atoms with van der Waals surface area (Å²) < 4.78 is 15.6. The Labute approximate surface area is 128 Å². The van der Waals surface area contributed by atoms with Gasteiger partial charge in [0.05, 0.1) is 13.7 Å². The SMILES string of the molecule is COc1cccc(NC(=O)CNc2ccc3c(c2)OCO3)c1. The van der Waals surface area contributed by atoms with Crippen LogP contribution in [-0.4, -0.2) is 26.4 Å². The molecule has 0 atom stereocenters. The van der Waals surface area contributed by atoms with Gasteiger partial charge in [-0.1, -0.05) is 6.07 Å². The van der Waals surface area contributed by atoms with Crippen LogP contribution >= 0.6 is 0 Å². The lowest BCUT2D eigenvalue weighted by Crippen LogP contribution is -2.21. The fourth-order valence-corrected chi connectivity index (χ4v) is 2.09. The number of hydrogen-bond acceptors (Lipinski definition) is 5. The first-order chi connectivity index (χ1) is 10.7. The van der Waals surface area contributed by atoms with Crippen molar-refractivity contribution in [1.29, 1.82) is 0 Å². The van der Waals surface area contributed by atoms with E-state index < -0.39 is 0 Å². The van der Waals surface area contributed by atoms with Gasteiger partial charge in [0.2, 0.25) is 12.7 Å². The van der Waals surface area contributed by atoms with Gasteiger partial charge in [-0.05, 0) is 24.3 Å². The minimum Gasteiger partial charge on any atom is -0.497 e. The molecular formula is C16H16N2O4. The molecule has 3 rings (SSSR count). The number of carbonyl (C=O) groups is 1. The molecule has 0 aromatic heterocycles. The molecule has 6 nitrogen and oxygen atoms in total. The van der Waals surface area contributed by atoms with Crippen molar-refractivity contribution in [2.24, 2.45) is 0 Å². The van der Waals surface area contributed by atoms with E-state index in [9.17, 15) is 4.79 Å². The predicted octanol–water partition coefficient (Wildman–Crippen LogP) is 2.47. The fourth-order valence-electron chi connectivity index (χ4n) is 2.09. The Morgan fingerprint density at radius 1 is 1.14 bits per heavy atom. The summed E-state index contributed by atoms with van der Waals surface area (Å²) in [6.45, 7) is 0.381. The smallest absolute Gasteiger partial charge is 0.243 e. The largest absolute Gasteiger partial charge is 0.497 e. The van der Waals surface area contributed by atoms with Crippen molar-refractivity contribution in [3.63, 3.8) is 0 Å². The van der Waals surface area contributed by atoms with E-state index in [0.717, 1.165) is 5.69 Å². The molecule has 0 bridgehead atoms. The molecule has 6 heteroatoms. The van der Waals surface area contributed by atoms with Crippen molar-refractivity contribution in [3.8, 4) is 17.2 Å². The van der Waals surface area contributed by atoms with Crippen LogP contribution in [0.25, 0.3) is 0 Å². The lowest BCUT2D eigenvalue weighted by molar-refractivity contribution is -0.114. The van der Waals surface area contributed by atoms with Crippen LogP contribution in [0.15, 0.2) is 42.5 Å². The Balaban J connectivity index is 1.56. The highest BCUT2D eigenvalue weighted by molar-refractivity contribution is 5.93. The Bertz CT molecular complexity index is 688. The lowest BCUT2D eigenvalue weighted by Gasteiger charge is -2.09. The van der Waals surface area contributed by atoms with Gasteiger partial charge in [-0.3, -0.25) is 4.79 Å². The number of hydrogen-bond donors (Lipinski definition) is 2. The highest BCUT2D eigenvalue weighted by Gasteiger charge is 2.13. The second kappa shape index (κ2) is 6.26. The number of amides is 1. The van der Waals surface area contributed by atoms with Crippen LogP contribution in [0.1, 0.15) is 0 Å². The van der Waals surface area contributed by atoms with Gasteiger partial charge in [-0.2, -0.15) is 0 Å². The third-order valence-electron chi connectivity index (χ3n) is 3.18. The number of anilines is 2. The van der Waals surface area contributed by atoms with Gasteiger partial charge in [-0.25, -0.2) is 0 Å². The third-order valence-corrected chi connectivity index (χ3v) is 3.18. The molecule has 22 heavy (non-hydrogen) atoms. The molecule has 1 amide bonds. The molecule has 0 unspecified atom stereocenters. The molecule has 2 aromatic carbocycles. The normalized spacial score (nSPS) is 11.9. The molecule has 0 radical (unpaired) electrons. The van der Waals surface area contributed by atoms with Gasteiger partial charge in [0.1, 0.15) is 5.75 Å². The Morgan fingerprint density at radius 2 is 2.00 bits per heavy atom. The maximum atomic E-state index is 11.9. The van der Waals surface area contributed by atoms with Crippen molar-refractivity contribution in [3.05, 3.63) is 42.5 Å². The zero-order valence-corrected chi connectivity index (χ0v) is 12.1. The van der Waals surface area contributed by atoms with Crippen LogP contribution in [0.2, 0.25) is 0 Å². The number of carbonyl (C=O) groups excluding carboxylic acids is 1. The third kappa shape index (κ3) is 3.22. The van der Waals surface area contributed by atoms with Crippen molar-refractivity contribution in [1.82, 2.24) is 0 Å². The van der Waals surface area contributed by atoms with E-state index in [4.69, 9.17) is 14.2 Å². The molecule has 0 saturated carbocycles. The molecule has 2 aromatic rings. The standard InChI is InChI=1S/C16H16N2O4/c1-20-13-4-2-3-12(7-13)18-16(19)9-17-11-5-6-14-15(8-11)22-10-21-14/h2-8,17H,9-10H2,1H3,(H,18,19). The van der Waals surface area contributed by atoms with Crippen LogP contribution in [0.5, 0.6) is 17.2 Å². The maximum Gasteiger partial charge on any atom is 0.243 e. The summed E-state index contributed by atoms with van der Waals surface area (Å²) in [7, 11) is 1.59. The highest BCUT2D eigenvalue weighted by atomic mass is 16.7. The summed E-state index contributed by atoms with van der Waals surface area (Å²) >= 11 is 0. The average molecular weight is 300 g/mol. The molecular weight excluding hydrogens is 284 g/mol. The summed E-state index contributed by atoms with van der Waals surface area (Å²) in [6.07, 6.45) is 0. The van der Waals surface area contributed by atoms with E-state index in [1.165, 1.54) is 0 Å². The zero-order chi connectivity index (χ0) is 15.4. The minimum atomic E-state index is -0.147. The molecule has 0 saturated heterocycles. The van der Waals surface area contributed by atoms with E-state index in [1.54, 1.807) is 25.3 Å². The van der Waals surface area contributed by atoms with Crippen molar-refractivity contribution in [2.45, 2.75) is 0 Å². The van der Waals surface area contributed by atoms with Crippen LogP contribution < -0.4 is 24.8 Å². The summed E-state index contributed by atoms with van der Waals surface area (Å²) in [5.74, 6) is 1.94. The summed E-state index contributed by atoms with van der Waals surface area (Å²) in [5.41, 5.74) is 1.49. The van der Waals surface area contributed by atoms with Crippen LogP contribution in [0, 0.1) is 0 Å². The second-order valence-corrected chi connectivity index (χ2v) is 4.70. The first-order valence-corrected chi connectivity index (χ1v) is 6.82. The van der Waals surface area contributed by atoms with Crippen LogP contribution in [-0.2, 0) is 4.79 Å². The predicted molar refractivity (Wildman–Crippen MR) is 82.7 cm³/mol. The van der Waals surface area contributed by atoms with Gasteiger partial charge in [0, 0.05) is 23.5 Å². The van der Waals surface area contributed by atoms with Gasteiger partial charge in [-0.15, -0.1) is 0 Å². The Kier molecular flexibility index (Phi) is 4.00. The summed E-state index contributed by atoms with van der Waals surface area (Å²) in [5, 5.41) is 5.85. The number of fused-ring (bicyclic) bond motifs is 1. The maximum absolute atomic E-state index is 11.9.